The lowest BCUT2D eigenvalue weighted by Gasteiger charge is -2.26. The molecule has 0 aliphatic carbocycles. The van der Waals surface area contributed by atoms with E-state index >= 15 is 0 Å². The second-order valence-electron chi connectivity index (χ2n) is 4.09. The third-order valence-corrected chi connectivity index (χ3v) is 2.37. The summed E-state index contributed by atoms with van der Waals surface area (Å²) in [6, 6.07) is 4.40. The molecule has 14 heavy (non-hydrogen) atoms. The van der Waals surface area contributed by atoms with Crippen LogP contribution in [-0.4, -0.2) is 5.54 Å². The first-order valence-corrected chi connectivity index (χ1v) is 4.78. The minimum atomic E-state index is -0.303. The van der Waals surface area contributed by atoms with Crippen molar-refractivity contribution in [1.29, 1.82) is 0 Å². The van der Waals surface area contributed by atoms with Crippen LogP contribution in [0.25, 0.3) is 0 Å². The largest absolute Gasteiger partial charge is 0.397 e. The fourth-order valence-electron chi connectivity index (χ4n) is 1.10. The molecule has 0 fully saturated rings. The Hall–Kier alpha value is -1.25. The van der Waals surface area contributed by atoms with Crippen LogP contribution in [-0.2, 0) is 0 Å². The molecule has 78 valence electrons. The summed E-state index contributed by atoms with van der Waals surface area (Å²) in [4.78, 5) is 0. The van der Waals surface area contributed by atoms with E-state index in [-0.39, 0.29) is 11.4 Å². The number of halogens is 1. The quantitative estimate of drug-likeness (QED) is 0.729. The van der Waals surface area contributed by atoms with E-state index in [4.69, 9.17) is 5.73 Å². The van der Waals surface area contributed by atoms with Crippen LogP contribution in [0.4, 0.5) is 15.8 Å². The minimum Gasteiger partial charge on any atom is -0.397 e. The highest BCUT2D eigenvalue weighted by atomic mass is 19.1. The second-order valence-corrected chi connectivity index (χ2v) is 4.09. The molecular formula is C11H17FN2. The van der Waals surface area contributed by atoms with Crippen molar-refractivity contribution in [2.45, 2.75) is 32.7 Å². The van der Waals surface area contributed by atoms with Gasteiger partial charge in [-0.15, -0.1) is 0 Å². The van der Waals surface area contributed by atoms with Crippen LogP contribution in [0.3, 0.4) is 0 Å². The maximum Gasteiger partial charge on any atom is 0.125 e. The lowest BCUT2D eigenvalue weighted by molar-refractivity contribution is 0.547. The van der Waals surface area contributed by atoms with E-state index in [2.05, 4.69) is 26.1 Å². The SMILES string of the molecule is CCC(C)(C)Nc1ccc(F)cc1N. The van der Waals surface area contributed by atoms with Crippen LogP contribution in [0.15, 0.2) is 18.2 Å². The van der Waals surface area contributed by atoms with E-state index in [1.807, 2.05) is 0 Å². The maximum absolute atomic E-state index is 12.8. The maximum atomic E-state index is 12.8. The van der Waals surface area contributed by atoms with Gasteiger partial charge in [-0.25, -0.2) is 4.39 Å². The van der Waals surface area contributed by atoms with Crippen molar-refractivity contribution < 1.29 is 4.39 Å². The van der Waals surface area contributed by atoms with Gasteiger partial charge in [-0.1, -0.05) is 6.92 Å². The molecule has 0 radical (unpaired) electrons. The van der Waals surface area contributed by atoms with Crippen LogP contribution in [0.2, 0.25) is 0 Å². The number of nitrogens with two attached hydrogens (primary N) is 1. The van der Waals surface area contributed by atoms with Crippen molar-refractivity contribution in [3.63, 3.8) is 0 Å². The molecule has 2 nitrogen and oxygen atoms in total. The molecule has 0 aromatic heterocycles. The first-order valence-electron chi connectivity index (χ1n) is 4.78. The average molecular weight is 196 g/mol. The van der Waals surface area contributed by atoms with Gasteiger partial charge in [-0.2, -0.15) is 0 Å². The topological polar surface area (TPSA) is 38.0 Å². The zero-order chi connectivity index (χ0) is 10.8. The predicted octanol–water partition coefficient (Wildman–Crippen LogP) is 3.01. The van der Waals surface area contributed by atoms with Gasteiger partial charge in [0.05, 0.1) is 11.4 Å². The van der Waals surface area contributed by atoms with Gasteiger partial charge in [0.25, 0.3) is 0 Å². The van der Waals surface area contributed by atoms with E-state index in [0.29, 0.717) is 5.69 Å². The Morgan fingerprint density at radius 3 is 2.57 bits per heavy atom. The van der Waals surface area contributed by atoms with Crippen LogP contribution < -0.4 is 11.1 Å². The van der Waals surface area contributed by atoms with Gasteiger partial charge in [0.1, 0.15) is 5.82 Å². The molecule has 3 N–H and O–H groups in total. The number of hydrogen-bond donors (Lipinski definition) is 2. The van der Waals surface area contributed by atoms with E-state index in [1.165, 1.54) is 12.1 Å². The van der Waals surface area contributed by atoms with Gasteiger partial charge in [0.2, 0.25) is 0 Å². The minimum absolute atomic E-state index is 0.0219. The normalized spacial score (nSPS) is 11.4. The molecule has 1 rings (SSSR count). The van der Waals surface area contributed by atoms with Crippen molar-refractivity contribution in [3.05, 3.63) is 24.0 Å². The van der Waals surface area contributed by atoms with Crippen LogP contribution >= 0.6 is 0 Å². The Morgan fingerprint density at radius 2 is 2.07 bits per heavy atom. The number of benzene rings is 1. The molecule has 3 heteroatoms. The summed E-state index contributed by atoms with van der Waals surface area (Å²) in [7, 11) is 0. The molecule has 1 aromatic carbocycles. The Balaban J connectivity index is 2.87. The van der Waals surface area contributed by atoms with Crippen molar-refractivity contribution in [3.8, 4) is 0 Å². The van der Waals surface area contributed by atoms with Crippen LogP contribution in [0.5, 0.6) is 0 Å². The Kier molecular flexibility index (Phi) is 2.99. The van der Waals surface area contributed by atoms with Gasteiger partial charge in [-0.05, 0) is 38.5 Å². The molecular weight excluding hydrogens is 179 g/mol. The molecule has 0 unspecified atom stereocenters. The molecule has 0 amide bonds. The Labute approximate surface area is 84.3 Å². The molecule has 0 bridgehead atoms. The summed E-state index contributed by atoms with van der Waals surface area (Å²) in [5, 5.41) is 3.27. The predicted molar refractivity (Wildman–Crippen MR) is 58.8 cm³/mol. The molecule has 0 atom stereocenters. The summed E-state index contributed by atoms with van der Waals surface area (Å²) in [6.45, 7) is 6.25. The lowest BCUT2D eigenvalue weighted by Crippen LogP contribution is -2.30. The molecule has 0 aliphatic heterocycles. The first-order chi connectivity index (χ1) is 6.44. The highest BCUT2D eigenvalue weighted by molar-refractivity contribution is 5.66. The molecule has 0 spiro atoms. The van der Waals surface area contributed by atoms with Gasteiger partial charge < -0.3 is 11.1 Å². The van der Waals surface area contributed by atoms with Crippen molar-refractivity contribution >= 4 is 11.4 Å². The van der Waals surface area contributed by atoms with Crippen LogP contribution in [0.1, 0.15) is 27.2 Å². The molecule has 0 saturated heterocycles. The lowest BCUT2D eigenvalue weighted by atomic mass is 10.0. The number of hydrogen-bond acceptors (Lipinski definition) is 2. The third kappa shape index (κ3) is 2.62. The molecule has 0 aliphatic rings. The summed E-state index contributed by atoms with van der Waals surface area (Å²) < 4.78 is 12.8. The molecule has 0 heterocycles. The monoisotopic (exact) mass is 196 g/mol. The van der Waals surface area contributed by atoms with E-state index < -0.39 is 0 Å². The average Bonchev–Trinajstić information content (AvgIpc) is 2.10. The first kappa shape index (κ1) is 10.8. The van der Waals surface area contributed by atoms with Crippen molar-refractivity contribution in [2.24, 2.45) is 0 Å². The Bertz CT molecular complexity index is 321. The van der Waals surface area contributed by atoms with Crippen LogP contribution in [0, 0.1) is 5.82 Å². The summed E-state index contributed by atoms with van der Waals surface area (Å²) in [5.74, 6) is -0.303. The number of anilines is 2. The van der Waals surface area contributed by atoms with Gasteiger partial charge in [-0.3, -0.25) is 0 Å². The fourth-order valence-corrected chi connectivity index (χ4v) is 1.10. The molecule has 1 aromatic rings. The van der Waals surface area contributed by atoms with E-state index in [9.17, 15) is 4.39 Å². The zero-order valence-corrected chi connectivity index (χ0v) is 8.89. The van der Waals surface area contributed by atoms with Gasteiger partial charge in [0.15, 0.2) is 0 Å². The summed E-state index contributed by atoms with van der Waals surface area (Å²) in [6.07, 6.45) is 0.976. The van der Waals surface area contributed by atoms with Gasteiger partial charge >= 0.3 is 0 Å². The number of rotatable bonds is 3. The highest BCUT2D eigenvalue weighted by Gasteiger charge is 2.15. The number of nitrogens with one attached hydrogen (secondary N) is 1. The smallest absolute Gasteiger partial charge is 0.125 e. The van der Waals surface area contributed by atoms with E-state index in [0.717, 1.165) is 12.1 Å². The zero-order valence-electron chi connectivity index (χ0n) is 8.89. The van der Waals surface area contributed by atoms with Crippen molar-refractivity contribution in [1.82, 2.24) is 0 Å². The van der Waals surface area contributed by atoms with Crippen molar-refractivity contribution in [2.75, 3.05) is 11.1 Å². The second kappa shape index (κ2) is 3.86. The van der Waals surface area contributed by atoms with Gasteiger partial charge in [0, 0.05) is 5.54 Å². The highest BCUT2D eigenvalue weighted by Crippen LogP contribution is 2.24. The Morgan fingerprint density at radius 1 is 1.43 bits per heavy atom. The standard InChI is InChI=1S/C11H17FN2/c1-4-11(2,3)14-10-6-5-8(12)7-9(10)13/h5-7,14H,4,13H2,1-3H3. The summed E-state index contributed by atoms with van der Waals surface area (Å²) >= 11 is 0. The van der Waals surface area contributed by atoms with E-state index in [1.54, 1.807) is 6.07 Å². The summed E-state index contributed by atoms with van der Waals surface area (Å²) in [5.41, 5.74) is 6.90. The fraction of sp³-hybridized carbons (Fsp3) is 0.455. The number of nitrogen functional groups attached to an aromatic ring is 1. The molecule has 0 saturated carbocycles. The third-order valence-electron chi connectivity index (χ3n) is 2.37.